The van der Waals surface area contributed by atoms with Gasteiger partial charge in [-0.1, -0.05) is 0 Å². The van der Waals surface area contributed by atoms with E-state index in [-0.39, 0.29) is 18.6 Å². The van der Waals surface area contributed by atoms with Crippen LogP contribution in [0, 0.1) is 12.8 Å². The minimum Gasteiger partial charge on any atom is -0.396 e. The van der Waals surface area contributed by atoms with Gasteiger partial charge in [0.2, 0.25) is 0 Å². The Kier molecular flexibility index (Phi) is 3.17. The van der Waals surface area contributed by atoms with Crippen LogP contribution in [0.3, 0.4) is 0 Å². The van der Waals surface area contributed by atoms with Crippen LogP contribution in [-0.2, 0) is 0 Å². The van der Waals surface area contributed by atoms with E-state index < -0.39 is 17.4 Å². The Morgan fingerprint density at radius 1 is 1.47 bits per heavy atom. The van der Waals surface area contributed by atoms with Crippen LogP contribution in [0.4, 0.5) is 0 Å². The van der Waals surface area contributed by atoms with Crippen molar-refractivity contribution in [3.8, 4) is 0 Å². The molecular weight excluding hydrogens is 224 g/mol. The number of hydrogen-bond donors (Lipinski definition) is 3. The summed E-state index contributed by atoms with van der Waals surface area (Å²) in [4.78, 5) is 25.2. The maximum atomic E-state index is 11.7. The first-order valence-electron chi connectivity index (χ1n) is 5.65. The molecule has 1 saturated carbocycles. The van der Waals surface area contributed by atoms with Crippen LogP contribution >= 0.6 is 0 Å². The van der Waals surface area contributed by atoms with Crippen LogP contribution in [0.15, 0.2) is 15.8 Å². The number of aliphatic hydroxyl groups excluding tert-OH is 2. The summed E-state index contributed by atoms with van der Waals surface area (Å²) >= 11 is 0. The van der Waals surface area contributed by atoms with E-state index in [1.807, 2.05) is 0 Å². The largest absolute Gasteiger partial charge is 0.396 e. The fraction of sp³-hybridized carbons (Fsp3) is 0.636. The van der Waals surface area contributed by atoms with Crippen molar-refractivity contribution in [2.24, 2.45) is 5.92 Å². The van der Waals surface area contributed by atoms with Crippen molar-refractivity contribution < 1.29 is 10.2 Å². The number of aromatic nitrogens is 2. The van der Waals surface area contributed by atoms with Crippen molar-refractivity contribution in [1.82, 2.24) is 9.55 Å². The average Bonchev–Trinajstić information content (AvgIpc) is 2.64. The molecule has 0 radical (unpaired) electrons. The monoisotopic (exact) mass is 240 g/mol. The molecule has 0 spiro atoms. The smallest absolute Gasteiger partial charge is 0.328 e. The molecule has 1 aliphatic rings. The second-order valence-electron chi connectivity index (χ2n) is 4.54. The summed E-state index contributed by atoms with van der Waals surface area (Å²) < 4.78 is 1.41. The van der Waals surface area contributed by atoms with Crippen LogP contribution in [-0.4, -0.2) is 32.5 Å². The molecule has 6 heteroatoms. The third kappa shape index (κ3) is 2.05. The van der Waals surface area contributed by atoms with Gasteiger partial charge in [0.15, 0.2) is 0 Å². The number of aromatic amines is 1. The number of H-pyrrole nitrogens is 1. The zero-order valence-electron chi connectivity index (χ0n) is 9.59. The zero-order valence-corrected chi connectivity index (χ0v) is 9.59. The van der Waals surface area contributed by atoms with Gasteiger partial charge in [0.25, 0.3) is 5.56 Å². The molecule has 17 heavy (non-hydrogen) atoms. The molecule has 1 aliphatic carbocycles. The maximum Gasteiger partial charge on any atom is 0.328 e. The number of rotatable bonds is 2. The molecule has 1 aromatic heterocycles. The van der Waals surface area contributed by atoms with Gasteiger partial charge in [0.1, 0.15) is 0 Å². The summed E-state index contributed by atoms with van der Waals surface area (Å²) in [6.07, 6.45) is 2.08. The van der Waals surface area contributed by atoms with Gasteiger partial charge >= 0.3 is 5.69 Å². The van der Waals surface area contributed by atoms with Gasteiger partial charge in [-0.15, -0.1) is 0 Å². The van der Waals surface area contributed by atoms with Crippen molar-refractivity contribution in [3.05, 3.63) is 32.6 Å². The molecule has 3 atom stereocenters. The van der Waals surface area contributed by atoms with Crippen molar-refractivity contribution in [3.63, 3.8) is 0 Å². The lowest BCUT2D eigenvalue weighted by molar-refractivity contribution is 0.0732. The van der Waals surface area contributed by atoms with E-state index in [1.165, 1.54) is 10.8 Å². The fourth-order valence-electron chi connectivity index (χ4n) is 2.45. The van der Waals surface area contributed by atoms with Crippen molar-refractivity contribution in [2.75, 3.05) is 6.61 Å². The molecule has 94 valence electrons. The standard InChI is InChI=1S/C11H16N2O4/c1-6-4-13(11(17)12-10(6)16)8-2-3-9(15)7(8)5-14/h4,7-9,14-15H,2-3,5H2,1H3,(H,12,16,17)/t7-,8?,9+/m0/s1. The van der Waals surface area contributed by atoms with Gasteiger partial charge in [-0.05, 0) is 19.8 Å². The lowest BCUT2D eigenvalue weighted by Crippen LogP contribution is -2.36. The normalized spacial score (nSPS) is 28.5. The number of nitrogens with one attached hydrogen (secondary N) is 1. The zero-order chi connectivity index (χ0) is 12.6. The predicted octanol–water partition coefficient (Wildman–Crippen LogP) is -0.851. The predicted molar refractivity (Wildman–Crippen MR) is 60.9 cm³/mol. The highest BCUT2D eigenvalue weighted by molar-refractivity contribution is 5.03. The summed E-state index contributed by atoms with van der Waals surface area (Å²) in [5.41, 5.74) is -0.439. The van der Waals surface area contributed by atoms with E-state index in [1.54, 1.807) is 6.92 Å². The van der Waals surface area contributed by atoms with Crippen LogP contribution in [0.2, 0.25) is 0 Å². The third-order valence-corrected chi connectivity index (χ3v) is 3.46. The van der Waals surface area contributed by atoms with E-state index in [9.17, 15) is 19.8 Å². The quantitative estimate of drug-likeness (QED) is 0.627. The van der Waals surface area contributed by atoms with Crippen LogP contribution in [0.25, 0.3) is 0 Å². The Bertz CT molecular complexity index is 519. The van der Waals surface area contributed by atoms with Gasteiger partial charge in [-0.2, -0.15) is 0 Å². The van der Waals surface area contributed by atoms with Crippen molar-refractivity contribution in [2.45, 2.75) is 31.9 Å². The van der Waals surface area contributed by atoms with Gasteiger partial charge in [0.05, 0.1) is 12.7 Å². The van der Waals surface area contributed by atoms with E-state index in [0.29, 0.717) is 18.4 Å². The van der Waals surface area contributed by atoms with Gasteiger partial charge in [-0.25, -0.2) is 4.79 Å². The first-order valence-corrected chi connectivity index (χ1v) is 5.65. The Hall–Kier alpha value is -1.40. The Morgan fingerprint density at radius 2 is 2.18 bits per heavy atom. The molecule has 0 aliphatic heterocycles. The maximum absolute atomic E-state index is 11.7. The molecule has 1 aromatic rings. The summed E-state index contributed by atoms with van der Waals surface area (Å²) in [7, 11) is 0. The topological polar surface area (TPSA) is 95.3 Å². The lowest BCUT2D eigenvalue weighted by atomic mass is 10.0. The molecule has 1 heterocycles. The van der Waals surface area contributed by atoms with E-state index >= 15 is 0 Å². The summed E-state index contributed by atoms with van der Waals surface area (Å²) in [5.74, 6) is -0.349. The molecule has 0 aromatic carbocycles. The minimum absolute atomic E-state index is 0.170. The molecule has 3 N–H and O–H groups in total. The Balaban J connectivity index is 2.44. The van der Waals surface area contributed by atoms with Gasteiger partial charge in [-0.3, -0.25) is 14.3 Å². The summed E-state index contributed by atoms with van der Waals surface area (Å²) in [5, 5.41) is 18.9. The van der Waals surface area contributed by atoms with Crippen molar-refractivity contribution in [1.29, 1.82) is 0 Å². The number of hydrogen-bond acceptors (Lipinski definition) is 4. The molecule has 0 bridgehead atoms. The highest BCUT2D eigenvalue weighted by Gasteiger charge is 2.36. The molecule has 0 saturated heterocycles. The van der Waals surface area contributed by atoms with Gasteiger partial charge in [0, 0.05) is 23.7 Å². The van der Waals surface area contributed by atoms with Crippen LogP contribution in [0.5, 0.6) is 0 Å². The second kappa shape index (κ2) is 4.46. The van der Waals surface area contributed by atoms with Crippen LogP contribution < -0.4 is 11.2 Å². The minimum atomic E-state index is -0.593. The molecule has 2 rings (SSSR count). The third-order valence-electron chi connectivity index (χ3n) is 3.46. The number of nitrogens with zero attached hydrogens (tertiary/aromatic N) is 1. The first kappa shape index (κ1) is 12.1. The number of aryl methyl sites for hydroxylation is 1. The van der Waals surface area contributed by atoms with Crippen LogP contribution in [0.1, 0.15) is 24.4 Å². The molecular formula is C11H16N2O4. The summed E-state index contributed by atoms with van der Waals surface area (Å²) in [6.45, 7) is 1.45. The average molecular weight is 240 g/mol. The highest BCUT2D eigenvalue weighted by Crippen LogP contribution is 2.34. The molecule has 6 nitrogen and oxygen atoms in total. The second-order valence-corrected chi connectivity index (χ2v) is 4.54. The lowest BCUT2D eigenvalue weighted by Gasteiger charge is -2.21. The first-order chi connectivity index (χ1) is 8.04. The fourth-order valence-corrected chi connectivity index (χ4v) is 2.45. The van der Waals surface area contributed by atoms with E-state index in [0.717, 1.165) is 0 Å². The molecule has 0 amide bonds. The van der Waals surface area contributed by atoms with E-state index in [2.05, 4.69) is 4.98 Å². The SMILES string of the molecule is Cc1cn(C2CC[C@@H](O)[C@H]2CO)c(=O)[nH]c1=O. The van der Waals surface area contributed by atoms with E-state index in [4.69, 9.17) is 0 Å². The Labute approximate surface area is 97.5 Å². The summed E-state index contributed by atoms with van der Waals surface area (Å²) in [6, 6.07) is -0.252. The molecule has 1 fully saturated rings. The molecule has 1 unspecified atom stereocenters. The Morgan fingerprint density at radius 3 is 2.82 bits per heavy atom. The highest BCUT2D eigenvalue weighted by atomic mass is 16.3. The van der Waals surface area contributed by atoms with Gasteiger partial charge < -0.3 is 10.2 Å². The number of aliphatic hydroxyl groups is 2. The van der Waals surface area contributed by atoms with Crippen molar-refractivity contribution >= 4 is 0 Å².